The van der Waals surface area contributed by atoms with Crippen LogP contribution in [0.3, 0.4) is 0 Å². The number of rotatable bonds is 5. The number of nitrogens with zero attached hydrogens (tertiary/aromatic N) is 1. The molecular formula is C19H28F3NS. The average Bonchev–Trinajstić information content (AvgIpc) is 2.51. The SMILES string of the molecule is CC(C)(C)SCC1CCC(CCc2ccc(C(F)(F)F)cn2)CC1. The molecule has 0 spiro atoms. The molecule has 0 aromatic carbocycles. The van der Waals surface area contributed by atoms with Crippen LogP contribution in [0.4, 0.5) is 13.2 Å². The Morgan fingerprint density at radius 3 is 2.17 bits per heavy atom. The number of hydrogen-bond acceptors (Lipinski definition) is 2. The summed E-state index contributed by atoms with van der Waals surface area (Å²) in [5.41, 5.74) is 0.108. The highest BCUT2D eigenvalue weighted by atomic mass is 32.2. The van der Waals surface area contributed by atoms with Gasteiger partial charge in [-0.25, -0.2) is 0 Å². The lowest BCUT2D eigenvalue weighted by molar-refractivity contribution is -0.137. The third kappa shape index (κ3) is 6.66. The number of thioether (sulfide) groups is 1. The van der Waals surface area contributed by atoms with Gasteiger partial charge in [-0.05, 0) is 55.4 Å². The summed E-state index contributed by atoms with van der Waals surface area (Å²) in [6.45, 7) is 6.79. The Balaban J connectivity index is 1.71. The van der Waals surface area contributed by atoms with Crippen LogP contribution in [0.2, 0.25) is 0 Å². The van der Waals surface area contributed by atoms with Gasteiger partial charge in [-0.15, -0.1) is 0 Å². The zero-order valence-electron chi connectivity index (χ0n) is 14.8. The van der Waals surface area contributed by atoms with Gasteiger partial charge in [-0.3, -0.25) is 4.98 Å². The summed E-state index contributed by atoms with van der Waals surface area (Å²) in [5.74, 6) is 2.77. The molecule has 0 aliphatic heterocycles. The van der Waals surface area contributed by atoms with Crippen LogP contribution in [0.25, 0.3) is 0 Å². The highest BCUT2D eigenvalue weighted by Crippen LogP contribution is 2.36. The second kappa shape index (κ2) is 8.11. The molecule has 0 N–H and O–H groups in total. The van der Waals surface area contributed by atoms with Crippen LogP contribution >= 0.6 is 11.8 Å². The fourth-order valence-corrected chi connectivity index (χ4v) is 4.22. The van der Waals surface area contributed by atoms with E-state index in [2.05, 4.69) is 37.5 Å². The molecule has 0 radical (unpaired) electrons. The monoisotopic (exact) mass is 359 g/mol. The fraction of sp³-hybridized carbons (Fsp3) is 0.737. The Morgan fingerprint density at radius 2 is 1.67 bits per heavy atom. The van der Waals surface area contributed by atoms with E-state index in [0.29, 0.717) is 10.7 Å². The second-order valence-corrected chi connectivity index (χ2v) is 9.73. The van der Waals surface area contributed by atoms with Gasteiger partial charge in [-0.1, -0.05) is 33.6 Å². The van der Waals surface area contributed by atoms with Gasteiger partial charge < -0.3 is 0 Å². The summed E-state index contributed by atoms with van der Waals surface area (Å²) in [6.07, 6.45) is 3.54. The second-order valence-electron chi connectivity index (χ2n) is 7.88. The number of aromatic nitrogens is 1. The van der Waals surface area contributed by atoms with E-state index in [-0.39, 0.29) is 0 Å². The normalized spacial score (nSPS) is 22.6. The largest absolute Gasteiger partial charge is 0.417 e. The zero-order valence-corrected chi connectivity index (χ0v) is 15.6. The lowest BCUT2D eigenvalue weighted by Gasteiger charge is -2.30. The molecule has 0 atom stereocenters. The Bertz CT molecular complexity index is 497. The number of hydrogen-bond donors (Lipinski definition) is 0. The predicted molar refractivity (Wildman–Crippen MR) is 95.2 cm³/mol. The Hall–Kier alpha value is -0.710. The molecule has 2 rings (SSSR count). The van der Waals surface area contributed by atoms with E-state index >= 15 is 0 Å². The summed E-state index contributed by atoms with van der Waals surface area (Å²) in [6, 6.07) is 2.66. The molecule has 24 heavy (non-hydrogen) atoms. The van der Waals surface area contributed by atoms with E-state index in [0.717, 1.165) is 36.7 Å². The third-order valence-corrected chi connectivity index (χ3v) is 6.18. The van der Waals surface area contributed by atoms with Crippen molar-refractivity contribution in [2.45, 2.75) is 70.2 Å². The van der Waals surface area contributed by atoms with E-state index in [4.69, 9.17) is 0 Å². The fourth-order valence-electron chi connectivity index (χ4n) is 3.15. The molecule has 1 aromatic rings. The van der Waals surface area contributed by atoms with Crippen molar-refractivity contribution in [3.05, 3.63) is 29.6 Å². The maximum Gasteiger partial charge on any atom is 0.417 e. The van der Waals surface area contributed by atoms with Crippen LogP contribution in [-0.4, -0.2) is 15.5 Å². The van der Waals surface area contributed by atoms with E-state index in [1.54, 1.807) is 0 Å². The molecule has 1 saturated carbocycles. The molecule has 1 heterocycles. The maximum absolute atomic E-state index is 12.5. The van der Waals surface area contributed by atoms with Gasteiger partial charge in [0.2, 0.25) is 0 Å². The van der Waals surface area contributed by atoms with Crippen LogP contribution in [0.5, 0.6) is 0 Å². The Labute approximate surface area is 147 Å². The summed E-state index contributed by atoms with van der Waals surface area (Å²) < 4.78 is 37.9. The van der Waals surface area contributed by atoms with Crippen LogP contribution in [0.15, 0.2) is 18.3 Å². The lowest BCUT2D eigenvalue weighted by Crippen LogP contribution is -2.19. The van der Waals surface area contributed by atoms with Gasteiger partial charge >= 0.3 is 6.18 Å². The number of halogens is 3. The molecule has 0 unspecified atom stereocenters. The molecule has 0 bridgehead atoms. The number of aryl methyl sites for hydroxylation is 1. The lowest BCUT2D eigenvalue weighted by atomic mass is 9.80. The summed E-state index contributed by atoms with van der Waals surface area (Å²) in [7, 11) is 0. The van der Waals surface area contributed by atoms with Crippen molar-refractivity contribution in [1.82, 2.24) is 4.98 Å². The van der Waals surface area contributed by atoms with Crippen molar-refractivity contribution in [3.8, 4) is 0 Å². The predicted octanol–water partition coefficient (Wildman–Crippen LogP) is 6.37. The first-order chi connectivity index (χ1) is 11.1. The van der Waals surface area contributed by atoms with Crippen LogP contribution in [0.1, 0.15) is 64.1 Å². The summed E-state index contributed by atoms with van der Waals surface area (Å²) >= 11 is 2.05. The van der Waals surface area contributed by atoms with Crippen LogP contribution < -0.4 is 0 Å². The van der Waals surface area contributed by atoms with E-state index in [9.17, 15) is 13.2 Å². The van der Waals surface area contributed by atoms with Gasteiger partial charge in [0.1, 0.15) is 0 Å². The first-order valence-corrected chi connectivity index (χ1v) is 9.78. The Kier molecular flexibility index (Phi) is 6.63. The van der Waals surface area contributed by atoms with Crippen molar-refractivity contribution >= 4 is 11.8 Å². The van der Waals surface area contributed by atoms with E-state index in [1.165, 1.54) is 37.5 Å². The molecule has 0 saturated heterocycles. The molecular weight excluding hydrogens is 331 g/mol. The van der Waals surface area contributed by atoms with Crippen molar-refractivity contribution in [3.63, 3.8) is 0 Å². The van der Waals surface area contributed by atoms with Crippen LogP contribution in [-0.2, 0) is 12.6 Å². The molecule has 1 aromatic heterocycles. The van der Waals surface area contributed by atoms with Crippen LogP contribution in [0, 0.1) is 11.8 Å². The standard InChI is InChI=1S/C19H28F3NS/c1-18(2,3)24-13-15-6-4-14(5-7-15)8-10-17-11-9-16(12-23-17)19(20,21)22/h9,11-12,14-15H,4-8,10,13H2,1-3H3. The average molecular weight is 360 g/mol. The van der Waals surface area contributed by atoms with Crippen molar-refractivity contribution in [2.75, 3.05) is 5.75 Å². The van der Waals surface area contributed by atoms with Gasteiger partial charge in [0, 0.05) is 16.6 Å². The Morgan fingerprint density at radius 1 is 1.04 bits per heavy atom. The number of pyridine rings is 1. The quantitative estimate of drug-likeness (QED) is 0.606. The topological polar surface area (TPSA) is 12.9 Å². The van der Waals surface area contributed by atoms with E-state index < -0.39 is 11.7 Å². The van der Waals surface area contributed by atoms with E-state index in [1.807, 2.05) is 0 Å². The molecule has 1 aliphatic rings. The van der Waals surface area contributed by atoms with Crippen molar-refractivity contribution in [1.29, 1.82) is 0 Å². The molecule has 136 valence electrons. The molecule has 0 amide bonds. The highest BCUT2D eigenvalue weighted by molar-refractivity contribution is 8.00. The third-order valence-electron chi connectivity index (χ3n) is 4.68. The first kappa shape index (κ1) is 19.6. The summed E-state index contributed by atoms with van der Waals surface area (Å²) in [4.78, 5) is 3.98. The minimum Gasteiger partial charge on any atom is -0.261 e. The molecule has 1 aliphatic carbocycles. The minimum atomic E-state index is -4.30. The molecule has 1 nitrogen and oxygen atoms in total. The highest BCUT2D eigenvalue weighted by Gasteiger charge is 2.30. The van der Waals surface area contributed by atoms with Gasteiger partial charge in [0.05, 0.1) is 5.56 Å². The summed E-state index contributed by atoms with van der Waals surface area (Å²) in [5, 5.41) is 0. The van der Waals surface area contributed by atoms with Crippen molar-refractivity contribution in [2.24, 2.45) is 11.8 Å². The molecule has 1 fully saturated rings. The maximum atomic E-state index is 12.5. The van der Waals surface area contributed by atoms with Gasteiger partial charge in [-0.2, -0.15) is 24.9 Å². The van der Waals surface area contributed by atoms with Gasteiger partial charge in [0.15, 0.2) is 0 Å². The zero-order chi connectivity index (χ0) is 17.8. The minimum absolute atomic E-state index is 0.338. The smallest absolute Gasteiger partial charge is 0.261 e. The van der Waals surface area contributed by atoms with Crippen molar-refractivity contribution < 1.29 is 13.2 Å². The van der Waals surface area contributed by atoms with Gasteiger partial charge in [0.25, 0.3) is 0 Å². The number of alkyl halides is 3. The first-order valence-electron chi connectivity index (χ1n) is 8.79. The molecule has 5 heteroatoms.